The minimum Gasteiger partial charge on any atom is -0.496 e. The largest absolute Gasteiger partial charge is 0.496 e. The molecule has 12 heteroatoms. The van der Waals surface area contributed by atoms with Gasteiger partial charge in [0.25, 0.3) is 11.6 Å². The lowest BCUT2D eigenvalue weighted by Gasteiger charge is -2.18. The maximum atomic E-state index is 12.7. The van der Waals surface area contributed by atoms with Crippen LogP contribution in [0.1, 0.15) is 21.5 Å². The summed E-state index contributed by atoms with van der Waals surface area (Å²) in [5, 5.41) is 13.7. The number of carbonyl (C=O) groups is 2. The number of hydrogen-bond donors (Lipinski definition) is 1. The molecule has 11 nitrogen and oxygen atoms in total. The van der Waals surface area contributed by atoms with Crippen LogP contribution in [-0.2, 0) is 35.7 Å². The van der Waals surface area contributed by atoms with Gasteiger partial charge in [-0.2, -0.15) is 0 Å². The summed E-state index contributed by atoms with van der Waals surface area (Å²) in [7, 11) is 1.88. The van der Waals surface area contributed by atoms with E-state index in [-0.39, 0.29) is 23.8 Å². The Balaban J connectivity index is 2.22. The van der Waals surface area contributed by atoms with Crippen LogP contribution in [0.3, 0.4) is 0 Å². The van der Waals surface area contributed by atoms with E-state index in [9.17, 15) is 24.3 Å². The molecule has 0 bridgehead atoms. The number of esters is 1. The van der Waals surface area contributed by atoms with Crippen molar-refractivity contribution in [2.45, 2.75) is 18.6 Å². The Kier molecular flexibility index (Phi) is 9.10. The predicted molar refractivity (Wildman–Crippen MR) is 118 cm³/mol. The lowest BCUT2D eigenvalue weighted by atomic mass is 10.0. The topological polar surface area (TPSA) is 143 Å². The average Bonchev–Trinajstić information content (AvgIpc) is 2.83. The van der Waals surface area contributed by atoms with Gasteiger partial charge in [0.05, 0.1) is 25.3 Å². The molecule has 0 heterocycles. The van der Waals surface area contributed by atoms with Crippen molar-refractivity contribution in [3.8, 4) is 5.75 Å². The molecule has 2 rings (SSSR count). The van der Waals surface area contributed by atoms with Crippen LogP contribution in [0.2, 0.25) is 0 Å². The van der Waals surface area contributed by atoms with E-state index in [1.54, 1.807) is 12.1 Å². The molecule has 0 unspecified atom stereocenters. The van der Waals surface area contributed by atoms with Gasteiger partial charge in [0.2, 0.25) is 0 Å². The molecule has 0 spiro atoms. The summed E-state index contributed by atoms with van der Waals surface area (Å²) < 4.78 is 32.1. The molecule has 0 aliphatic carbocycles. The van der Waals surface area contributed by atoms with Crippen LogP contribution >= 0.6 is 7.60 Å². The summed E-state index contributed by atoms with van der Waals surface area (Å²) in [5.41, 5.74) is 1.04. The third-order valence-corrected chi connectivity index (χ3v) is 6.70. The number of ether oxygens (including phenoxy) is 2. The van der Waals surface area contributed by atoms with Crippen molar-refractivity contribution in [2.75, 3.05) is 28.4 Å². The molecular formula is C21H25N2O9P. The summed E-state index contributed by atoms with van der Waals surface area (Å²) in [6.45, 7) is 0. The lowest BCUT2D eigenvalue weighted by Crippen LogP contribution is -2.43. The first kappa shape index (κ1) is 26.0. The third kappa shape index (κ3) is 6.85. The molecule has 2 aromatic carbocycles. The number of amides is 1. The number of nitrogens with one attached hydrogen (secondary N) is 1. The highest BCUT2D eigenvalue weighted by atomic mass is 31.2. The van der Waals surface area contributed by atoms with Crippen molar-refractivity contribution in [2.24, 2.45) is 0 Å². The van der Waals surface area contributed by atoms with E-state index in [0.717, 1.165) is 0 Å². The molecule has 0 saturated heterocycles. The van der Waals surface area contributed by atoms with Crippen molar-refractivity contribution >= 4 is 25.2 Å². The zero-order valence-corrected chi connectivity index (χ0v) is 19.5. The van der Waals surface area contributed by atoms with E-state index in [2.05, 4.69) is 5.32 Å². The molecule has 178 valence electrons. The summed E-state index contributed by atoms with van der Waals surface area (Å²) in [6, 6.07) is 9.04. The Bertz CT molecular complexity index is 1050. The number of methoxy groups -OCH3 is 2. The number of nitro benzene ring substituents is 1. The van der Waals surface area contributed by atoms with E-state index in [4.69, 9.17) is 18.5 Å². The fourth-order valence-corrected chi connectivity index (χ4v) is 4.09. The van der Waals surface area contributed by atoms with Crippen LogP contribution in [0.5, 0.6) is 5.75 Å². The lowest BCUT2D eigenvalue weighted by molar-refractivity contribution is -0.384. The minimum absolute atomic E-state index is 0.0270. The van der Waals surface area contributed by atoms with Crippen molar-refractivity contribution in [1.29, 1.82) is 0 Å². The Morgan fingerprint density at radius 2 is 1.70 bits per heavy atom. The highest BCUT2D eigenvalue weighted by Crippen LogP contribution is 2.49. The molecule has 0 fully saturated rings. The van der Waals surface area contributed by atoms with E-state index in [1.165, 1.54) is 58.8 Å². The first-order valence-electron chi connectivity index (χ1n) is 9.65. The summed E-state index contributed by atoms with van der Waals surface area (Å²) in [4.78, 5) is 35.6. The van der Waals surface area contributed by atoms with E-state index >= 15 is 0 Å². The van der Waals surface area contributed by atoms with Crippen LogP contribution < -0.4 is 10.1 Å². The molecule has 1 atom stereocenters. The Hall–Kier alpha value is -3.27. The highest BCUT2D eigenvalue weighted by Gasteiger charge is 2.26. The van der Waals surface area contributed by atoms with E-state index in [0.29, 0.717) is 16.9 Å². The summed E-state index contributed by atoms with van der Waals surface area (Å²) in [5.74, 6) is -0.966. The van der Waals surface area contributed by atoms with Gasteiger partial charge in [0.1, 0.15) is 11.8 Å². The van der Waals surface area contributed by atoms with Gasteiger partial charge in [-0.05, 0) is 23.8 Å². The molecule has 0 saturated carbocycles. The van der Waals surface area contributed by atoms with Gasteiger partial charge < -0.3 is 23.8 Å². The molecule has 1 amide bonds. The number of hydrogen-bond acceptors (Lipinski definition) is 9. The number of benzene rings is 2. The van der Waals surface area contributed by atoms with E-state index in [1.807, 2.05) is 0 Å². The number of carbonyl (C=O) groups excluding carboxylic acids is 2. The zero-order chi connectivity index (χ0) is 24.6. The smallest absolute Gasteiger partial charge is 0.334 e. The van der Waals surface area contributed by atoms with E-state index < -0.39 is 30.4 Å². The van der Waals surface area contributed by atoms with Crippen LogP contribution in [0.25, 0.3) is 0 Å². The van der Waals surface area contributed by atoms with Gasteiger partial charge >= 0.3 is 13.6 Å². The predicted octanol–water partition coefficient (Wildman–Crippen LogP) is 3.10. The third-order valence-electron chi connectivity index (χ3n) is 4.84. The maximum Gasteiger partial charge on any atom is 0.334 e. The van der Waals surface area contributed by atoms with Crippen molar-refractivity contribution < 1.29 is 37.6 Å². The van der Waals surface area contributed by atoms with Gasteiger partial charge in [0.15, 0.2) is 0 Å². The molecular weight excluding hydrogens is 455 g/mol. The Morgan fingerprint density at radius 1 is 1.06 bits per heavy atom. The van der Waals surface area contributed by atoms with Gasteiger partial charge in [0, 0.05) is 43.9 Å². The number of nitro groups is 1. The van der Waals surface area contributed by atoms with Crippen LogP contribution in [0, 0.1) is 10.1 Å². The van der Waals surface area contributed by atoms with Crippen LogP contribution in [-0.4, -0.2) is 51.3 Å². The molecule has 33 heavy (non-hydrogen) atoms. The summed E-state index contributed by atoms with van der Waals surface area (Å²) in [6.07, 6.45) is -0.0640. The Morgan fingerprint density at radius 3 is 2.21 bits per heavy atom. The maximum absolute atomic E-state index is 12.7. The van der Waals surface area contributed by atoms with Crippen molar-refractivity contribution in [3.63, 3.8) is 0 Å². The fourth-order valence-electron chi connectivity index (χ4n) is 3.02. The monoisotopic (exact) mass is 480 g/mol. The fraction of sp³-hybridized carbons (Fsp3) is 0.333. The van der Waals surface area contributed by atoms with Gasteiger partial charge in [-0.1, -0.05) is 12.1 Å². The molecule has 1 N–H and O–H groups in total. The van der Waals surface area contributed by atoms with Crippen molar-refractivity contribution in [1.82, 2.24) is 5.32 Å². The van der Waals surface area contributed by atoms with Crippen LogP contribution in [0.4, 0.5) is 5.69 Å². The second-order valence-electron chi connectivity index (χ2n) is 6.84. The average molecular weight is 480 g/mol. The van der Waals surface area contributed by atoms with Crippen molar-refractivity contribution in [3.05, 3.63) is 69.3 Å². The van der Waals surface area contributed by atoms with Gasteiger partial charge in [-0.15, -0.1) is 0 Å². The number of nitrogens with zero attached hydrogens (tertiary/aromatic N) is 1. The van der Waals surface area contributed by atoms with Gasteiger partial charge in [-0.25, -0.2) is 4.79 Å². The quantitative estimate of drug-likeness (QED) is 0.222. The molecule has 0 radical (unpaired) electrons. The second-order valence-corrected chi connectivity index (χ2v) is 9.11. The highest BCUT2D eigenvalue weighted by molar-refractivity contribution is 7.52. The molecule has 0 aliphatic heterocycles. The number of rotatable bonds is 11. The number of non-ortho nitro benzene ring substituents is 1. The molecule has 0 aliphatic rings. The second kappa shape index (κ2) is 11.6. The zero-order valence-electron chi connectivity index (χ0n) is 18.6. The Labute approximate surface area is 190 Å². The normalized spacial score (nSPS) is 12.0. The minimum atomic E-state index is -3.26. The standard InChI is InChI=1S/C21H25N2O9P/c1-29-19-10-9-17(23(26)27)11-16(19)12-18(21(25)30-2)22-20(24)15-7-5-14(6-8-15)13-33(28,31-3)32-4/h5-11,18H,12-13H2,1-4H3,(H,22,24)/t18-/m0/s1. The summed E-state index contributed by atoms with van der Waals surface area (Å²) >= 11 is 0. The first-order valence-corrected chi connectivity index (χ1v) is 11.4. The SMILES string of the molecule is COC(=O)[C@H](Cc1cc([N+](=O)[O-])ccc1OC)NC(=O)c1ccc(CP(=O)(OC)OC)cc1. The molecule has 2 aromatic rings. The van der Waals surface area contributed by atoms with Crippen LogP contribution in [0.15, 0.2) is 42.5 Å². The molecule has 0 aromatic heterocycles. The van der Waals surface area contributed by atoms with Gasteiger partial charge in [-0.3, -0.25) is 19.5 Å². The first-order chi connectivity index (χ1) is 15.7.